The van der Waals surface area contributed by atoms with Gasteiger partial charge in [-0.25, -0.2) is 4.79 Å². The molecule has 0 atom stereocenters. The van der Waals surface area contributed by atoms with Crippen LogP contribution in [0.5, 0.6) is 5.75 Å². The van der Waals surface area contributed by atoms with E-state index >= 15 is 0 Å². The van der Waals surface area contributed by atoms with E-state index in [0.29, 0.717) is 42.6 Å². The Hall–Kier alpha value is -3.55. The molecular weight excluding hydrogens is 448 g/mol. The van der Waals surface area contributed by atoms with Crippen LogP contribution in [0.4, 0.5) is 10.5 Å². The molecule has 5 rings (SSSR count). The number of fused-ring (bicyclic) bond motifs is 1. The SMILES string of the molecule is N#Cc1c(C(N)=O)c2n(c1C1CC1)CCN(C(=O)Nc1ccc(OCCN3CCOCC3)cc1)C2. The van der Waals surface area contributed by atoms with Gasteiger partial charge < -0.3 is 30.0 Å². The molecule has 0 bridgehead atoms. The molecule has 1 aliphatic carbocycles. The van der Waals surface area contributed by atoms with E-state index in [2.05, 4.69) is 16.3 Å². The molecule has 2 aliphatic heterocycles. The van der Waals surface area contributed by atoms with Crippen LogP contribution in [0.3, 0.4) is 0 Å². The second kappa shape index (κ2) is 9.98. The van der Waals surface area contributed by atoms with E-state index in [4.69, 9.17) is 15.2 Å². The molecule has 0 unspecified atom stereocenters. The average molecular weight is 479 g/mol. The van der Waals surface area contributed by atoms with E-state index in [1.807, 2.05) is 28.8 Å². The minimum atomic E-state index is -0.622. The van der Waals surface area contributed by atoms with Crippen LogP contribution >= 0.6 is 0 Å². The molecule has 3 heterocycles. The molecule has 10 nitrogen and oxygen atoms in total. The van der Waals surface area contributed by atoms with Gasteiger partial charge in [-0.2, -0.15) is 5.26 Å². The third kappa shape index (κ3) is 4.97. The number of amides is 3. The predicted molar refractivity (Wildman–Crippen MR) is 128 cm³/mol. The van der Waals surface area contributed by atoms with E-state index in [0.717, 1.165) is 57.1 Å². The summed E-state index contributed by atoms with van der Waals surface area (Å²) in [5.74, 6) is 0.421. The molecule has 184 valence electrons. The Morgan fingerprint density at radius 1 is 1.14 bits per heavy atom. The standard InChI is InChI=1S/C25H30N6O4/c26-15-20-22(24(27)32)21-16-30(7-8-31(21)23(20)17-1-2-17)25(33)28-18-3-5-19(6-4-18)35-14-11-29-9-12-34-13-10-29/h3-6,17H,1-2,7-14,16H2,(H2,27,32)(H,28,33). The molecule has 2 aromatic rings. The lowest BCUT2D eigenvalue weighted by molar-refractivity contribution is 0.0322. The Morgan fingerprint density at radius 3 is 2.54 bits per heavy atom. The van der Waals surface area contributed by atoms with Crippen LogP contribution in [0.2, 0.25) is 0 Å². The van der Waals surface area contributed by atoms with Crippen LogP contribution in [0.15, 0.2) is 24.3 Å². The first-order chi connectivity index (χ1) is 17.0. The van der Waals surface area contributed by atoms with Gasteiger partial charge in [0.05, 0.1) is 36.6 Å². The zero-order valence-corrected chi connectivity index (χ0v) is 19.7. The number of carbonyl (C=O) groups is 2. The fraction of sp³-hybridized carbons (Fsp3) is 0.480. The van der Waals surface area contributed by atoms with Crippen LogP contribution in [0, 0.1) is 11.3 Å². The van der Waals surface area contributed by atoms with Gasteiger partial charge in [0.1, 0.15) is 18.4 Å². The van der Waals surface area contributed by atoms with Crippen molar-refractivity contribution in [3.63, 3.8) is 0 Å². The summed E-state index contributed by atoms with van der Waals surface area (Å²) in [7, 11) is 0. The first kappa shape index (κ1) is 23.2. The van der Waals surface area contributed by atoms with Gasteiger partial charge in [0.2, 0.25) is 0 Å². The van der Waals surface area contributed by atoms with Gasteiger partial charge >= 0.3 is 6.03 Å². The molecule has 10 heteroatoms. The molecule has 0 spiro atoms. The van der Waals surface area contributed by atoms with Gasteiger partial charge in [-0.1, -0.05) is 0 Å². The molecule has 0 radical (unpaired) electrons. The lowest BCUT2D eigenvalue weighted by Crippen LogP contribution is -2.41. The molecule has 1 aromatic carbocycles. The maximum absolute atomic E-state index is 13.0. The number of hydrogen-bond donors (Lipinski definition) is 2. The number of nitrogens with zero attached hydrogens (tertiary/aromatic N) is 4. The average Bonchev–Trinajstić information content (AvgIpc) is 3.65. The summed E-state index contributed by atoms with van der Waals surface area (Å²) in [6, 6.07) is 9.21. The lowest BCUT2D eigenvalue weighted by atomic mass is 10.1. The second-order valence-corrected chi connectivity index (χ2v) is 9.16. The molecular formula is C25H30N6O4. The first-order valence-corrected chi connectivity index (χ1v) is 12.1. The first-order valence-electron chi connectivity index (χ1n) is 12.1. The number of nitrogens with one attached hydrogen (secondary N) is 1. The second-order valence-electron chi connectivity index (χ2n) is 9.16. The van der Waals surface area contributed by atoms with Crippen LogP contribution in [-0.2, 0) is 17.8 Å². The lowest BCUT2D eigenvalue weighted by Gasteiger charge is -2.30. The largest absolute Gasteiger partial charge is 0.492 e. The van der Waals surface area contributed by atoms with Crippen molar-refractivity contribution in [1.29, 1.82) is 5.26 Å². The number of nitriles is 1. The van der Waals surface area contributed by atoms with Crippen LogP contribution in [-0.4, -0.2) is 72.3 Å². The van der Waals surface area contributed by atoms with Crippen molar-refractivity contribution in [2.45, 2.75) is 31.8 Å². The van der Waals surface area contributed by atoms with Gasteiger partial charge in [-0.15, -0.1) is 0 Å². The highest BCUT2D eigenvalue weighted by atomic mass is 16.5. The Kier molecular flexibility index (Phi) is 6.61. The highest BCUT2D eigenvalue weighted by Crippen LogP contribution is 2.44. The number of rotatable bonds is 7. The third-order valence-corrected chi connectivity index (χ3v) is 6.84. The summed E-state index contributed by atoms with van der Waals surface area (Å²) >= 11 is 0. The molecule has 3 amide bonds. The summed E-state index contributed by atoms with van der Waals surface area (Å²) in [4.78, 5) is 29.1. The number of primary amides is 1. The monoisotopic (exact) mass is 478 g/mol. The van der Waals surface area contributed by atoms with Gasteiger partial charge in [-0.05, 0) is 37.1 Å². The number of hydrogen-bond acceptors (Lipinski definition) is 6. The van der Waals surface area contributed by atoms with Crippen LogP contribution in [0.25, 0.3) is 0 Å². The topological polar surface area (TPSA) is 126 Å². The van der Waals surface area contributed by atoms with Crippen molar-refractivity contribution in [1.82, 2.24) is 14.4 Å². The fourth-order valence-electron chi connectivity index (χ4n) is 4.88. The van der Waals surface area contributed by atoms with Crippen molar-refractivity contribution in [2.75, 3.05) is 51.3 Å². The van der Waals surface area contributed by atoms with E-state index in [9.17, 15) is 14.9 Å². The Bertz CT molecular complexity index is 1140. The van der Waals surface area contributed by atoms with E-state index in [1.54, 1.807) is 4.90 Å². The highest BCUT2D eigenvalue weighted by Gasteiger charge is 2.37. The minimum Gasteiger partial charge on any atom is -0.492 e. The number of nitrogens with two attached hydrogens (primary N) is 1. The zero-order valence-electron chi connectivity index (χ0n) is 19.7. The quantitative estimate of drug-likeness (QED) is 0.628. The van der Waals surface area contributed by atoms with E-state index in [1.165, 1.54) is 0 Å². The van der Waals surface area contributed by atoms with Crippen molar-refractivity contribution in [3.8, 4) is 11.8 Å². The zero-order chi connectivity index (χ0) is 24.4. The summed E-state index contributed by atoms with van der Waals surface area (Å²) in [5, 5.41) is 12.6. The Labute approximate surface area is 204 Å². The summed E-state index contributed by atoms with van der Waals surface area (Å²) in [5.41, 5.74) is 8.49. The van der Waals surface area contributed by atoms with Gasteiger partial charge in [0.15, 0.2) is 0 Å². The van der Waals surface area contributed by atoms with Crippen LogP contribution < -0.4 is 15.8 Å². The van der Waals surface area contributed by atoms with Gasteiger partial charge in [0, 0.05) is 50.0 Å². The summed E-state index contributed by atoms with van der Waals surface area (Å²) in [6.45, 7) is 6.08. The van der Waals surface area contributed by atoms with Crippen molar-refractivity contribution >= 4 is 17.6 Å². The molecule has 1 saturated heterocycles. The number of anilines is 1. The normalized spacial score (nSPS) is 18.0. The maximum Gasteiger partial charge on any atom is 0.322 e. The number of benzene rings is 1. The minimum absolute atomic E-state index is 0.230. The highest BCUT2D eigenvalue weighted by molar-refractivity contribution is 5.98. The molecule has 2 fully saturated rings. The van der Waals surface area contributed by atoms with E-state index < -0.39 is 5.91 Å². The fourth-order valence-corrected chi connectivity index (χ4v) is 4.88. The summed E-state index contributed by atoms with van der Waals surface area (Å²) < 4.78 is 13.2. The van der Waals surface area contributed by atoms with Gasteiger partial charge in [-0.3, -0.25) is 9.69 Å². The Balaban J connectivity index is 1.20. The summed E-state index contributed by atoms with van der Waals surface area (Å²) in [6.07, 6.45) is 2.01. The van der Waals surface area contributed by atoms with Crippen molar-refractivity contribution in [2.24, 2.45) is 5.73 Å². The smallest absolute Gasteiger partial charge is 0.322 e. The van der Waals surface area contributed by atoms with Crippen LogP contribution in [0.1, 0.15) is 46.1 Å². The molecule has 1 aromatic heterocycles. The number of carbonyl (C=O) groups excluding carboxylic acids is 2. The number of ether oxygens (including phenoxy) is 2. The van der Waals surface area contributed by atoms with E-state index in [-0.39, 0.29) is 18.1 Å². The predicted octanol–water partition coefficient (Wildman–Crippen LogP) is 2.09. The Morgan fingerprint density at radius 2 is 1.89 bits per heavy atom. The molecule has 35 heavy (non-hydrogen) atoms. The number of aromatic nitrogens is 1. The van der Waals surface area contributed by atoms with Crippen molar-refractivity contribution in [3.05, 3.63) is 46.8 Å². The maximum atomic E-state index is 13.0. The number of urea groups is 1. The third-order valence-electron chi connectivity index (χ3n) is 6.84. The number of morpholine rings is 1. The van der Waals surface area contributed by atoms with Crippen molar-refractivity contribution < 1.29 is 19.1 Å². The molecule has 3 N–H and O–H groups in total. The van der Waals surface area contributed by atoms with Gasteiger partial charge in [0.25, 0.3) is 5.91 Å². The molecule has 3 aliphatic rings. The molecule has 1 saturated carbocycles.